The van der Waals surface area contributed by atoms with Crippen molar-refractivity contribution in [3.05, 3.63) is 41.5 Å². The summed E-state index contributed by atoms with van der Waals surface area (Å²) in [6.07, 6.45) is 6.31. The first-order valence-corrected chi connectivity index (χ1v) is 9.44. The van der Waals surface area contributed by atoms with Crippen molar-refractivity contribution in [3.8, 4) is 0 Å². The molecule has 0 bridgehead atoms. The van der Waals surface area contributed by atoms with Crippen molar-refractivity contribution in [1.29, 1.82) is 0 Å². The zero-order valence-corrected chi connectivity index (χ0v) is 15.2. The van der Waals surface area contributed by atoms with E-state index in [1.54, 1.807) is 7.11 Å². The number of ether oxygens (including phenoxy) is 1. The number of piperidine rings is 1. The Kier molecular flexibility index (Phi) is 6.47. The van der Waals surface area contributed by atoms with Crippen LogP contribution in [0.1, 0.15) is 31.7 Å². The van der Waals surface area contributed by atoms with Crippen LogP contribution >= 0.6 is 0 Å². The highest BCUT2D eigenvalue weighted by Gasteiger charge is 2.38. The van der Waals surface area contributed by atoms with Crippen LogP contribution in [0.15, 0.2) is 35.9 Å². The largest absolute Gasteiger partial charge is 0.383 e. The van der Waals surface area contributed by atoms with Crippen LogP contribution in [0.5, 0.6) is 0 Å². The van der Waals surface area contributed by atoms with E-state index in [2.05, 4.69) is 53.5 Å². The Morgan fingerprint density at radius 3 is 2.71 bits per heavy atom. The molecule has 1 saturated carbocycles. The van der Waals surface area contributed by atoms with Crippen LogP contribution in [0.25, 0.3) is 6.08 Å². The standard InChI is InChI=1S/C21H32N2O/c1-17(14-18-6-4-3-5-7-18)20-15-21(20)22-16-19-8-10-23(11-9-19)12-13-24-2/h3-7,14,19-22H,8-13,15-16H2,1-2H3/b17-14+. The molecule has 2 atom stereocenters. The average molecular weight is 329 g/mol. The fourth-order valence-corrected chi connectivity index (χ4v) is 3.80. The molecule has 3 nitrogen and oxygen atoms in total. The molecule has 1 N–H and O–H groups in total. The smallest absolute Gasteiger partial charge is 0.0589 e. The predicted octanol–water partition coefficient (Wildman–Crippen LogP) is 3.43. The molecule has 24 heavy (non-hydrogen) atoms. The van der Waals surface area contributed by atoms with Gasteiger partial charge in [0.15, 0.2) is 0 Å². The molecular weight excluding hydrogens is 296 g/mol. The van der Waals surface area contributed by atoms with E-state index in [1.165, 1.54) is 50.0 Å². The Morgan fingerprint density at radius 2 is 2.00 bits per heavy atom. The second kappa shape index (κ2) is 8.80. The lowest BCUT2D eigenvalue weighted by Crippen LogP contribution is -2.39. The SMILES string of the molecule is COCCN1CCC(CNC2CC2/C(C)=C/c2ccccc2)CC1. The van der Waals surface area contributed by atoms with E-state index in [1.807, 2.05) is 0 Å². The van der Waals surface area contributed by atoms with Gasteiger partial charge in [-0.25, -0.2) is 0 Å². The van der Waals surface area contributed by atoms with Crippen molar-refractivity contribution in [2.75, 3.05) is 39.9 Å². The van der Waals surface area contributed by atoms with Crippen molar-refractivity contribution in [3.63, 3.8) is 0 Å². The van der Waals surface area contributed by atoms with Crippen molar-refractivity contribution >= 4 is 6.08 Å². The molecule has 1 aromatic carbocycles. The first-order chi connectivity index (χ1) is 11.8. The van der Waals surface area contributed by atoms with Gasteiger partial charge in [0.1, 0.15) is 0 Å². The Bertz CT molecular complexity index is 520. The molecule has 3 heteroatoms. The molecule has 2 aliphatic rings. The normalized spacial score (nSPS) is 25.8. The highest BCUT2D eigenvalue weighted by molar-refractivity contribution is 5.53. The molecule has 0 aromatic heterocycles. The molecule has 0 amide bonds. The molecule has 1 aromatic rings. The number of hydrogen-bond donors (Lipinski definition) is 1. The van der Waals surface area contributed by atoms with Gasteiger partial charge in [-0.2, -0.15) is 0 Å². The second-order valence-electron chi connectivity index (χ2n) is 7.43. The fourth-order valence-electron chi connectivity index (χ4n) is 3.80. The fraction of sp³-hybridized carbons (Fsp3) is 0.619. The van der Waals surface area contributed by atoms with E-state index in [-0.39, 0.29) is 0 Å². The van der Waals surface area contributed by atoms with Gasteiger partial charge in [0.2, 0.25) is 0 Å². The number of likely N-dealkylation sites (tertiary alicyclic amines) is 1. The van der Waals surface area contributed by atoms with E-state index in [0.717, 1.165) is 25.0 Å². The number of nitrogens with one attached hydrogen (secondary N) is 1. The summed E-state index contributed by atoms with van der Waals surface area (Å²) in [6, 6.07) is 11.4. The maximum absolute atomic E-state index is 5.18. The lowest BCUT2D eigenvalue weighted by atomic mass is 9.97. The van der Waals surface area contributed by atoms with Gasteiger partial charge < -0.3 is 15.0 Å². The van der Waals surface area contributed by atoms with E-state index in [0.29, 0.717) is 6.04 Å². The van der Waals surface area contributed by atoms with E-state index >= 15 is 0 Å². The van der Waals surface area contributed by atoms with Crippen LogP contribution in [0.2, 0.25) is 0 Å². The summed E-state index contributed by atoms with van der Waals surface area (Å²) in [4.78, 5) is 2.53. The van der Waals surface area contributed by atoms with E-state index in [4.69, 9.17) is 4.74 Å². The molecule has 0 spiro atoms. The summed E-state index contributed by atoms with van der Waals surface area (Å²) < 4.78 is 5.18. The summed E-state index contributed by atoms with van der Waals surface area (Å²) in [5, 5.41) is 3.82. The third kappa shape index (κ3) is 5.17. The maximum atomic E-state index is 5.18. The number of rotatable bonds is 8. The minimum Gasteiger partial charge on any atom is -0.383 e. The van der Waals surface area contributed by atoms with Gasteiger partial charge in [-0.1, -0.05) is 42.0 Å². The molecule has 2 unspecified atom stereocenters. The van der Waals surface area contributed by atoms with Gasteiger partial charge in [-0.15, -0.1) is 0 Å². The molecular formula is C21H32N2O. The van der Waals surface area contributed by atoms with E-state index in [9.17, 15) is 0 Å². The van der Waals surface area contributed by atoms with Gasteiger partial charge in [0.25, 0.3) is 0 Å². The molecule has 2 fully saturated rings. The summed E-state index contributed by atoms with van der Waals surface area (Å²) in [5.41, 5.74) is 2.84. The lowest BCUT2D eigenvalue weighted by Gasteiger charge is -2.31. The molecule has 1 heterocycles. The third-order valence-corrected chi connectivity index (χ3v) is 5.56. The van der Waals surface area contributed by atoms with Gasteiger partial charge in [0.05, 0.1) is 6.61 Å². The number of nitrogens with zero attached hydrogens (tertiary/aromatic N) is 1. The van der Waals surface area contributed by atoms with Gasteiger partial charge >= 0.3 is 0 Å². The molecule has 1 saturated heterocycles. The quantitative estimate of drug-likeness (QED) is 0.791. The lowest BCUT2D eigenvalue weighted by molar-refractivity contribution is 0.120. The van der Waals surface area contributed by atoms with Crippen LogP contribution in [0, 0.1) is 11.8 Å². The average Bonchev–Trinajstić information content (AvgIpc) is 3.40. The molecule has 0 radical (unpaired) electrons. The van der Waals surface area contributed by atoms with Crippen LogP contribution in [0.3, 0.4) is 0 Å². The Morgan fingerprint density at radius 1 is 1.25 bits per heavy atom. The highest BCUT2D eigenvalue weighted by Crippen LogP contribution is 2.38. The van der Waals surface area contributed by atoms with Crippen molar-refractivity contribution in [2.45, 2.75) is 32.2 Å². The topological polar surface area (TPSA) is 24.5 Å². The molecule has 132 valence electrons. The minimum atomic E-state index is 0.705. The Labute approximate surface area is 147 Å². The number of hydrogen-bond acceptors (Lipinski definition) is 3. The van der Waals surface area contributed by atoms with Gasteiger partial charge in [0, 0.05) is 19.7 Å². The third-order valence-electron chi connectivity index (χ3n) is 5.56. The maximum Gasteiger partial charge on any atom is 0.0589 e. The number of benzene rings is 1. The highest BCUT2D eigenvalue weighted by atomic mass is 16.5. The Balaban J connectivity index is 1.35. The summed E-state index contributed by atoms with van der Waals surface area (Å²) >= 11 is 0. The van der Waals surface area contributed by atoms with E-state index < -0.39 is 0 Å². The van der Waals surface area contributed by atoms with Crippen LogP contribution < -0.4 is 5.32 Å². The first kappa shape index (κ1) is 17.7. The zero-order chi connectivity index (χ0) is 16.8. The van der Waals surface area contributed by atoms with Crippen LogP contribution in [0.4, 0.5) is 0 Å². The van der Waals surface area contributed by atoms with Crippen molar-refractivity contribution < 1.29 is 4.74 Å². The summed E-state index contributed by atoms with van der Waals surface area (Å²) in [7, 11) is 1.79. The van der Waals surface area contributed by atoms with Gasteiger partial charge in [-0.05, 0) is 63.2 Å². The molecule has 3 rings (SSSR count). The van der Waals surface area contributed by atoms with Crippen molar-refractivity contribution in [2.24, 2.45) is 11.8 Å². The summed E-state index contributed by atoms with van der Waals surface area (Å²) in [5.74, 6) is 1.59. The van der Waals surface area contributed by atoms with Crippen LogP contribution in [-0.2, 0) is 4.74 Å². The molecule has 1 aliphatic carbocycles. The Hall–Kier alpha value is -1.16. The van der Waals surface area contributed by atoms with Crippen molar-refractivity contribution in [1.82, 2.24) is 10.2 Å². The summed E-state index contributed by atoms with van der Waals surface area (Å²) in [6.45, 7) is 7.89. The number of methoxy groups -OCH3 is 1. The van der Waals surface area contributed by atoms with Crippen LogP contribution in [-0.4, -0.2) is 50.8 Å². The second-order valence-corrected chi connectivity index (χ2v) is 7.43. The monoisotopic (exact) mass is 328 g/mol. The molecule has 1 aliphatic heterocycles. The zero-order valence-electron chi connectivity index (χ0n) is 15.2. The minimum absolute atomic E-state index is 0.705. The predicted molar refractivity (Wildman–Crippen MR) is 101 cm³/mol. The first-order valence-electron chi connectivity index (χ1n) is 9.44. The van der Waals surface area contributed by atoms with Gasteiger partial charge in [-0.3, -0.25) is 0 Å².